The van der Waals surface area contributed by atoms with Crippen molar-refractivity contribution in [3.8, 4) is 5.75 Å². The van der Waals surface area contributed by atoms with Crippen LogP contribution in [0.3, 0.4) is 0 Å². The van der Waals surface area contributed by atoms with Gasteiger partial charge in [0.15, 0.2) is 11.6 Å². The molecule has 0 aliphatic heterocycles. The summed E-state index contributed by atoms with van der Waals surface area (Å²) in [5.41, 5.74) is 0.669. The number of halogens is 2. The van der Waals surface area contributed by atoms with Gasteiger partial charge in [-0.3, -0.25) is 19.8 Å². The van der Waals surface area contributed by atoms with Gasteiger partial charge in [0.2, 0.25) is 5.91 Å². The fraction of sp³-hybridized carbons (Fsp3) is 0.235. The lowest BCUT2D eigenvalue weighted by molar-refractivity contribution is -0.384. The summed E-state index contributed by atoms with van der Waals surface area (Å²) >= 11 is 5.73. The van der Waals surface area contributed by atoms with Gasteiger partial charge in [0.25, 0.3) is 5.69 Å². The quantitative estimate of drug-likeness (QED) is 0.586. The Labute approximate surface area is 154 Å². The van der Waals surface area contributed by atoms with Crippen LogP contribution in [0, 0.1) is 15.9 Å². The van der Waals surface area contributed by atoms with E-state index in [2.05, 4.69) is 5.32 Å². The van der Waals surface area contributed by atoms with Gasteiger partial charge in [0.1, 0.15) is 5.02 Å². The number of carbonyl (C=O) groups is 1. The van der Waals surface area contributed by atoms with Gasteiger partial charge >= 0.3 is 0 Å². The van der Waals surface area contributed by atoms with Gasteiger partial charge in [-0.1, -0.05) is 17.7 Å². The minimum atomic E-state index is -0.623. The lowest BCUT2D eigenvalue weighted by atomic mass is 10.2. The van der Waals surface area contributed by atoms with E-state index in [9.17, 15) is 19.3 Å². The molecule has 0 aliphatic carbocycles. The zero-order chi connectivity index (χ0) is 19.3. The summed E-state index contributed by atoms with van der Waals surface area (Å²) in [5, 5.41) is 13.4. The molecule has 0 bridgehead atoms. The molecule has 0 unspecified atom stereocenters. The van der Waals surface area contributed by atoms with Crippen LogP contribution < -0.4 is 10.1 Å². The van der Waals surface area contributed by atoms with Crippen molar-refractivity contribution in [2.24, 2.45) is 0 Å². The Morgan fingerprint density at radius 3 is 2.69 bits per heavy atom. The highest BCUT2D eigenvalue weighted by molar-refractivity contribution is 6.32. The van der Waals surface area contributed by atoms with Gasteiger partial charge < -0.3 is 10.1 Å². The number of hydrogen-bond donors (Lipinski definition) is 1. The van der Waals surface area contributed by atoms with Crippen LogP contribution in [0.4, 0.5) is 15.8 Å². The van der Waals surface area contributed by atoms with Crippen molar-refractivity contribution >= 4 is 28.9 Å². The van der Waals surface area contributed by atoms with Gasteiger partial charge in [-0.2, -0.15) is 0 Å². The molecule has 1 N–H and O–H groups in total. The third kappa shape index (κ3) is 5.14. The van der Waals surface area contributed by atoms with Gasteiger partial charge in [-0.15, -0.1) is 0 Å². The minimum Gasteiger partial charge on any atom is -0.494 e. The number of hydrogen-bond acceptors (Lipinski definition) is 5. The molecule has 2 aromatic carbocycles. The highest BCUT2D eigenvalue weighted by Gasteiger charge is 2.15. The normalized spacial score (nSPS) is 10.7. The fourth-order valence-electron chi connectivity index (χ4n) is 2.35. The Balaban J connectivity index is 1.96. The van der Waals surface area contributed by atoms with Crippen molar-refractivity contribution in [2.45, 2.75) is 6.54 Å². The second-order valence-electron chi connectivity index (χ2n) is 5.61. The highest BCUT2D eigenvalue weighted by Crippen LogP contribution is 2.27. The lowest BCUT2D eigenvalue weighted by Gasteiger charge is -2.17. The van der Waals surface area contributed by atoms with Crippen LogP contribution in [0.15, 0.2) is 36.4 Å². The maximum atomic E-state index is 13.7. The summed E-state index contributed by atoms with van der Waals surface area (Å²) in [6, 6.07) is 8.59. The average Bonchev–Trinajstić information content (AvgIpc) is 2.56. The summed E-state index contributed by atoms with van der Waals surface area (Å²) in [5.74, 6) is -0.687. The zero-order valence-corrected chi connectivity index (χ0v) is 14.9. The number of nitro groups is 1. The van der Waals surface area contributed by atoms with E-state index in [0.29, 0.717) is 12.1 Å². The van der Waals surface area contributed by atoms with E-state index in [4.69, 9.17) is 16.3 Å². The Morgan fingerprint density at radius 2 is 2.08 bits per heavy atom. The molecule has 0 fully saturated rings. The van der Waals surface area contributed by atoms with Crippen LogP contribution in [0.25, 0.3) is 0 Å². The van der Waals surface area contributed by atoms with E-state index in [1.54, 1.807) is 18.0 Å². The molecule has 0 aromatic heterocycles. The number of ether oxygens (including phenoxy) is 1. The molecule has 9 heteroatoms. The fourth-order valence-corrected chi connectivity index (χ4v) is 2.54. The Hall–Kier alpha value is -2.71. The number of nitrogens with one attached hydrogen (secondary N) is 1. The SMILES string of the molecule is COc1ccc(CN(C)CC(=O)Nc2ccc(Cl)c([N+](=O)[O-])c2)cc1F. The van der Waals surface area contributed by atoms with Crippen LogP contribution >= 0.6 is 11.6 Å². The number of amides is 1. The van der Waals surface area contributed by atoms with Gasteiger partial charge in [-0.25, -0.2) is 4.39 Å². The number of rotatable bonds is 7. The van der Waals surface area contributed by atoms with E-state index in [0.717, 1.165) is 0 Å². The molecule has 0 aliphatic rings. The van der Waals surface area contributed by atoms with Gasteiger partial charge in [0, 0.05) is 18.3 Å². The van der Waals surface area contributed by atoms with Gasteiger partial charge in [-0.05, 0) is 36.9 Å². The van der Waals surface area contributed by atoms with Crippen molar-refractivity contribution < 1.29 is 18.8 Å². The molecule has 0 spiro atoms. The van der Waals surface area contributed by atoms with Crippen LogP contribution in [-0.2, 0) is 11.3 Å². The standard InChI is InChI=1S/C17H17ClFN3O4/c1-21(9-11-3-6-16(26-2)14(19)7-11)10-17(23)20-12-4-5-13(18)15(8-12)22(24)25/h3-8H,9-10H2,1-2H3,(H,20,23). The third-order valence-electron chi connectivity index (χ3n) is 3.51. The molecular formula is C17H17ClFN3O4. The van der Waals surface area contributed by atoms with Crippen LogP contribution in [-0.4, -0.2) is 36.4 Å². The predicted molar refractivity (Wildman–Crippen MR) is 96.0 cm³/mol. The number of nitrogens with zero attached hydrogens (tertiary/aromatic N) is 2. The van der Waals surface area contributed by atoms with E-state index in [-0.39, 0.29) is 34.6 Å². The van der Waals surface area contributed by atoms with Gasteiger partial charge in [0.05, 0.1) is 18.6 Å². The molecular weight excluding hydrogens is 365 g/mol. The van der Waals surface area contributed by atoms with Crippen molar-refractivity contribution in [1.29, 1.82) is 0 Å². The molecule has 0 saturated heterocycles. The van der Waals surface area contributed by atoms with Crippen molar-refractivity contribution in [1.82, 2.24) is 4.90 Å². The second kappa shape index (κ2) is 8.59. The average molecular weight is 382 g/mol. The monoisotopic (exact) mass is 381 g/mol. The Bertz CT molecular complexity index is 832. The van der Waals surface area contributed by atoms with Crippen molar-refractivity contribution in [3.63, 3.8) is 0 Å². The molecule has 7 nitrogen and oxygen atoms in total. The Kier molecular flexibility index (Phi) is 6.48. The molecule has 138 valence electrons. The molecule has 26 heavy (non-hydrogen) atoms. The number of anilines is 1. The number of likely N-dealkylation sites (N-methyl/N-ethyl adjacent to an activating group) is 1. The molecule has 2 aromatic rings. The van der Waals surface area contributed by atoms with E-state index >= 15 is 0 Å². The topological polar surface area (TPSA) is 84.7 Å². The van der Waals surface area contributed by atoms with E-state index in [1.807, 2.05) is 0 Å². The minimum absolute atomic E-state index is 0.00773. The number of methoxy groups -OCH3 is 1. The molecule has 0 radical (unpaired) electrons. The summed E-state index contributed by atoms with van der Waals surface area (Å²) in [4.78, 5) is 24.0. The number of carbonyl (C=O) groups excluding carboxylic acids is 1. The first-order valence-electron chi connectivity index (χ1n) is 7.55. The molecule has 0 saturated carbocycles. The first kappa shape index (κ1) is 19.6. The zero-order valence-electron chi connectivity index (χ0n) is 14.2. The summed E-state index contributed by atoms with van der Waals surface area (Å²) < 4.78 is 18.6. The first-order chi connectivity index (χ1) is 12.3. The predicted octanol–water partition coefficient (Wildman–Crippen LogP) is 3.47. The summed E-state index contributed by atoms with van der Waals surface area (Å²) in [6.45, 7) is 0.360. The maximum absolute atomic E-state index is 13.7. The van der Waals surface area contributed by atoms with E-state index in [1.165, 1.54) is 37.4 Å². The van der Waals surface area contributed by atoms with E-state index < -0.39 is 10.7 Å². The number of nitro benzene ring substituents is 1. The third-order valence-corrected chi connectivity index (χ3v) is 3.83. The smallest absolute Gasteiger partial charge is 0.289 e. The first-order valence-corrected chi connectivity index (χ1v) is 7.92. The molecule has 2 rings (SSSR count). The highest BCUT2D eigenvalue weighted by atomic mass is 35.5. The second-order valence-corrected chi connectivity index (χ2v) is 6.02. The summed E-state index contributed by atoms with van der Waals surface area (Å²) in [6.07, 6.45) is 0. The van der Waals surface area contributed by atoms with Crippen molar-refractivity contribution in [2.75, 3.05) is 26.0 Å². The van der Waals surface area contributed by atoms with Crippen molar-refractivity contribution in [3.05, 3.63) is 62.9 Å². The Morgan fingerprint density at radius 1 is 1.35 bits per heavy atom. The molecule has 0 atom stereocenters. The largest absolute Gasteiger partial charge is 0.494 e. The van der Waals surface area contributed by atoms with Crippen LogP contribution in [0.5, 0.6) is 5.75 Å². The van der Waals surface area contributed by atoms with Crippen LogP contribution in [0.1, 0.15) is 5.56 Å². The molecule has 1 amide bonds. The lowest BCUT2D eigenvalue weighted by Crippen LogP contribution is -2.29. The van der Waals surface area contributed by atoms with Crippen LogP contribution in [0.2, 0.25) is 5.02 Å². The maximum Gasteiger partial charge on any atom is 0.289 e. The summed E-state index contributed by atoms with van der Waals surface area (Å²) in [7, 11) is 3.08. The number of benzene rings is 2. The molecule has 0 heterocycles.